The van der Waals surface area contributed by atoms with Gasteiger partial charge < -0.3 is 10.6 Å². The number of hydrogen-bond acceptors (Lipinski definition) is 4. The third-order valence-electron chi connectivity index (χ3n) is 2.92. The van der Waals surface area contributed by atoms with Gasteiger partial charge in [-0.2, -0.15) is 17.0 Å². The number of hydrogen-bond donors (Lipinski definition) is 1. The maximum absolute atomic E-state index is 9.11. The maximum atomic E-state index is 9.11. The molecule has 1 aromatic carbocycles. The second-order valence-electron chi connectivity index (χ2n) is 4.13. The number of benzene rings is 1. The summed E-state index contributed by atoms with van der Waals surface area (Å²) in [6.07, 6.45) is 3.21. The van der Waals surface area contributed by atoms with Crippen molar-refractivity contribution in [1.82, 2.24) is 0 Å². The number of nitrogens with two attached hydrogens (primary N) is 1. The summed E-state index contributed by atoms with van der Waals surface area (Å²) in [7, 11) is 2.03. The van der Waals surface area contributed by atoms with Gasteiger partial charge in [-0.15, -0.1) is 0 Å². The number of nitrogen functional groups attached to an aromatic ring is 1. The van der Waals surface area contributed by atoms with Crippen LogP contribution in [0.15, 0.2) is 18.2 Å². The van der Waals surface area contributed by atoms with E-state index in [2.05, 4.69) is 24.1 Å². The molecule has 0 fully saturated rings. The van der Waals surface area contributed by atoms with Crippen molar-refractivity contribution >= 4 is 23.1 Å². The first-order valence-corrected chi connectivity index (χ1v) is 7.01. The van der Waals surface area contributed by atoms with Crippen LogP contribution >= 0.6 is 11.8 Å². The second-order valence-corrected chi connectivity index (χ2v) is 5.12. The van der Waals surface area contributed by atoms with Crippen LogP contribution in [-0.4, -0.2) is 25.1 Å². The zero-order chi connectivity index (χ0) is 12.8. The predicted octanol–water partition coefficient (Wildman–Crippen LogP) is 2.72. The molecule has 1 unspecified atom stereocenters. The Labute approximate surface area is 108 Å². The summed E-state index contributed by atoms with van der Waals surface area (Å²) in [6.45, 7) is 2.17. The number of anilines is 2. The molecule has 17 heavy (non-hydrogen) atoms. The van der Waals surface area contributed by atoms with E-state index in [1.165, 1.54) is 0 Å². The standard InChI is InChI=1S/C13H19N3S/c1-10(6-7-17-3)16(2)13-5-4-12(15)8-11(13)9-14/h4-5,8,10H,6-7,15H2,1-3H3. The van der Waals surface area contributed by atoms with Crippen LogP contribution in [-0.2, 0) is 0 Å². The van der Waals surface area contributed by atoms with Crippen LogP contribution in [0.4, 0.5) is 11.4 Å². The molecule has 0 amide bonds. The molecule has 0 heterocycles. The lowest BCUT2D eigenvalue weighted by molar-refractivity contribution is 0.669. The van der Waals surface area contributed by atoms with E-state index in [0.29, 0.717) is 17.3 Å². The Balaban J connectivity index is 2.88. The molecule has 3 nitrogen and oxygen atoms in total. The largest absolute Gasteiger partial charge is 0.399 e. The number of nitrogens with zero attached hydrogens (tertiary/aromatic N) is 2. The lowest BCUT2D eigenvalue weighted by Crippen LogP contribution is -2.29. The fraction of sp³-hybridized carbons (Fsp3) is 0.462. The fourth-order valence-corrected chi connectivity index (χ4v) is 2.25. The van der Waals surface area contributed by atoms with Crippen molar-refractivity contribution in [2.45, 2.75) is 19.4 Å². The third-order valence-corrected chi connectivity index (χ3v) is 3.57. The number of nitriles is 1. The molecule has 0 aliphatic rings. The summed E-state index contributed by atoms with van der Waals surface area (Å²) in [5, 5.41) is 9.11. The first kappa shape index (κ1) is 13.7. The quantitative estimate of drug-likeness (QED) is 0.815. The van der Waals surface area contributed by atoms with Gasteiger partial charge in [-0.05, 0) is 43.6 Å². The summed E-state index contributed by atoms with van der Waals surface area (Å²) < 4.78 is 0. The Morgan fingerprint density at radius 2 is 2.24 bits per heavy atom. The first-order chi connectivity index (χ1) is 8.10. The average molecular weight is 249 g/mol. The highest BCUT2D eigenvalue weighted by Gasteiger charge is 2.13. The molecule has 1 aromatic rings. The molecule has 4 heteroatoms. The van der Waals surface area contributed by atoms with Gasteiger partial charge >= 0.3 is 0 Å². The van der Waals surface area contributed by atoms with Crippen molar-refractivity contribution in [3.05, 3.63) is 23.8 Å². The Bertz CT molecular complexity index is 412. The molecular formula is C13H19N3S. The van der Waals surface area contributed by atoms with Gasteiger partial charge in [-0.1, -0.05) is 0 Å². The summed E-state index contributed by atoms with van der Waals surface area (Å²) in [6, 6.07) is 8.11. The van der Waals surface area contributed by atoms with E-state index < -0.39 is 0 Å². The van der Waals surface area contributed by atoms with Crippen molar-refractivity contribution in [2.75, 3.05) is 29.7 Å². The minimum Gasteiger partial charge on any atom is -0.399 e. The zero-order valence-electron chi connectivity index (χ0n) is 10.6. The summed E-state index contributed by atoms with van der Waals surface area (Å²) in [4.78, 5) is 2.15. The van der Waals surface area contributed by atoms with Crippen molar-refractivity contribution in [2.24, 2.45) is 0 Å². The second kappa shape index (κ2) is 6.41. The van der Waals surface area contributed by atoms with Crippen molar-refractivity contribution in [3.8, 4) is 6.07 Å². The van der Waals surface area contributed by atoms with E-state index in [1.54, 1.807) is 6.07 Å². The molecule has 0 saturated carbocycles. The molecule has 1 rings (SSSR count). The number of thioether (sulfide) groups is 1. The van der Waals surface area contributed by atoms with Gasteiger partial charge in [0.05, 0.1) is 11.3 Å². The molecule has 0 bridgehead atoms. The predicted molar refractivity (Wildman–Crippen MR) is 76.4 cm³/mol. The molecule has 0 aromatic heterocycles. The Morgan fingerprint density at radius 3 is 2.82 bits per heavy atom. The molecule has 92 valence electrons. The van der Waals surface area contributed by atoms with E-state index in [1.807, 2.05) is 30.9 Å². The Kier molecular flexibility index (Phi) is 5.17. The van der Waals surface area contributed by atoms with Crippen molar-refractivity contribution in [1.29, 1.82) is 5.26 Å². The van der Waals surface area contributed by atoms with Gasteiger partial charge in [0.15, 0.2) is 0 Å². The minimum atomic E-state index is 0.415. The van der Waals surface area contributed by atoms with Crippen LogP contribution in [0.3, 0.4) is 0 Å². The molecule has 0 aliphatic heterocycles. The van der Waals surface area contributed by atoms with Crippen LogP contribution in [0, 0.1) is 11.3 Å². The van der Waals surface area contributed by atoms with Crippen LogP contribution < -0.4 is 10.6 Å². The van der Waals surface area contributed by atoms with Crippen LogP contribution in [0.2, 0.25) is 0 Å². The topological polar surface area (TPSA) is 53.0 Å². The van der Waals surface area contributed by atoms with Gasteiger partial charge in [-0.3, -0.25) is 0 Å². The summed E-state index contributed by atoms with van der Waals surface area (Å²) in [5.74, 6) is 1.13. The Hall–Kier alpha value is -1.34. The normalized spacial score (nSPS) is 11.9. The first-order valence-electron chi connectivity index (χ1n) is 5.61. The third kappa shape index (κ3) is 3.57. The molecule has 0 aliphatic carbocycles. The zero-order valence-corrected chi connectivity index (χ0v) is 11.4. The maximum Gasteiger partial charge on any atom is 0.101 e. The van der Waals surface area contributed by atoms with Crippen molar-refractivity contribution in [3.63, 3.8) is 0 Å². The van der Waals surface area contributed by atoms with E-state index in [0.717, 1.165) is 17.9 Å². The molecular weight excluding hydrogens is 230 g/mol. The van der Waals surface area contributed by atoms with Gasteiger partial charge in [0.2, 0.25) is 0 Å². The highest BCUT2D eigenvalue weighted by Crippen LogP contribution is 2.24. The van der Waals surface area contributed by atoms with Crippen LogP contribution in [0.25, 0.3) is 0 Å². The molecule has 0 radical (unpaired) electrons. The highest BCUT2D eigenvalue weighted by molar-refractivity contribution is 7.98. The monoisotopic (exact) mass is 249 g/mol. The van der Waals surface area contributed by atoms with Gasteiger partial charge in [0.25, 0.3) is 0 Å². The van der Waals surface area contributed by atoms with Gasteiger partial charge in [0, 0.05) is 18.8 Å². The van der Waals surface area contributed by atoms with E-state index in [-0.39, 0.29) is 0 Å². The molecule has 0 saturated heterocycles. The molecule has 2 N–H and O–H groups in total. The van der Waals surface area contributed by atoms with Gasteiger partial charge in [-0.25, -0.2) is 0 Å². The van der Waals surface area contributed by atoms with Crippen LogP contribution in [0.5, 0.6) is 0 Å². The molecule has 1 atom stereocenters. The highest BCUT2D eigenvalue weighted by atomic mass is 32.2. The lowest BCUT2D eigenvalue weighted by Gasteiger charge is -2.27. The summed E-state index contributed by atoms with van der Waals surface area (Å²) in [5.41, 5.74) is 7.92. The van der Waals surface area contributed by atoms with E-state index in [9.17, 15) is 0 Å². The summed E-state index contributed by atoms with van der Waals surface area (Å²) >= 11 is 1.84. The van der Waals surface area contributed by atoms with Crippen LogP contribution in [0.1, 0.15) is 18.9 Å². The number of rotatable bonds is 5. The fourth-order valence-electron chi connectivity index (χ4n) is 1.67. The minimum absolute atomic E-state index is 0.415. The smallest absolute Gasteiger partial charge is 0.101 e. The average Bonchev–Trinajstić information content (AvgIpc) is 2.34. The van der Waals surface area contributed by atoms with Crippen molar-refractivity contribution < 1.29 is 0 Å². The molecule has 0 spiro atoms. The van der Waals surface area contributed by atoms with Gasteiger partial charge in [0.1, 0.15) is 6.07 Å². The lowest BCUT2D eigenvalue weighted by atomic mass is 10.1. The van der Waals surface area contributed by atoms with E-state index >= 15 is 0 Å². The van der Waals surface area contributed by atoms with E-state index in [4.69, 9.17) is 11.0 Å². The Morgan fingerprint density at radius 1 is 1.53 bits per heavy atom. The SMILES string of the molecule is CSCCC(C)N(C)c1ccc(N)cc1C#N.